The summed E-state index contributed by atoms with van der Waals surface area (Å²) >= 11 is 0. The van der Waals surface area contributed by atoms with E-state index in [9.17, 15) is 14.4 Å². The quantitative estimate of drug-likeness (QED) is 0.399. The lowest BCUT2D eigenvalue weighted by Crippen LogP contribution is -2.44. The van der Waals surface area contributed by atoms with Crippen molar-refractivity contribution in [1.82, 2.24) is 4.90 Å². The second-order valence-electron chi connectivity index (χ2n) is 7.57. The Kier molecular flexibility index (Phi) is 6.31. The van der Waals surface area contributed by atoms with Crippen LogP contribution in [0, 0.1) is 0 Å². The van der Waals surface area contributed by atoms with Gasteiger partial charge in [0.1, 0.15) is 19.0 Å². The number of esters is 1. The van der Waals surface area contributed by atoms with E-state index in [-0.39, 0.29) is 18.4 Å². The van der Waals surface area contributed by atoms with E-state index in [1.807, 2.05) is 54.6 Å². The predicted molar refractivity (Wildman–Crippen MR) is 118 cm³/mol. The third kappa shape index (κ3) is 4.54. The van der Waals surface area contributed by atoms with Gasteiger partial charge in [0.25, 0.3) is 11.8 Å². The number of hydrogen-bond donors (Lipinski definition) is 0. The van der Waals surface area contributed by atoms with Crippen LogP contribution in [-0.2, 0) is 22.6 Å². The minimum atomic E-state index is -0.659. The molecule has 0 fully saturated rings. The van der Waals surface area contributed by atoms with E-state index in [2.05, 4.69) is 0 Å². The first-order valence-electron chi connectivity index (χ1n) is 10.4. The normalized spacial score (nSPS) is 13.6. The number of amides is 2. The van der Waals surface area contributed by atoms with Crippen molar-refractivity contribution < 1.29 is 23.9 Å². The molecular formula is C26H23NO5. The van der Waals surface area contributed by atoms with E-state index in [4.69, 9.17) is 9.47 Å². The van der Waals surface area contributed by atoms with Gasteiger partial charge in [-0.2, -0.15) is 0 Å². The molecule has 0 saturated carbocycles. The lowest BCUT2D eigenvalue weighted by molar-refractivity contribution is -0.142. The number of nitrogens with zero attached hydrogens (tertiary/aromatic N) is 1. The first-order chi connectivity index (χ1) is 15.5. The van der Waals surface area contributed by atoms with Gasteiger partial charge in [0, 0.05) is 13.3 Å². The Morgan fingerprint density at radius 3 is 2.09 bits per heavy atom. The number of imide groups is 1. The zero-order chi connectivity index (χ0) is 22.5. The second-order valence-corrected chi connectivity index (χ2v) is 7.57. The van der Waals surface area contributed by atoms with Crippen molar-refractivity contribution in [3.05, 3.63) is 101 Å². The van der Waals surface area contributed by atoms with Crippen LogP contribution in [0.5, 0.6) is 5.75 Å². The van der Waals surface area contributed by atoms with Crippen LogP contribution in [0.15, 0.2) is 78.9 Å². The Bertz CT molecular complexity index is 1110. The number of fused-ring (bicyclic) bond motifs is 1. The van der Waals surface area contributed by atoms with Crippen LogP contribution in [0.1, 0.15) is 38.8 Å². The first-order valence-corrected chi connectivity index (χ1v) is 10.4. The van der Waals surface area contributed by atoms with Crippen LogP contribution in [0.4, 0.5) is 0 Å². The SMILES string of the molecule is CC(=O)OCC(Cc1ccccc1OCc1ccccc1)N1C(=O)c2ccccc2C1=O. The standard InChI is InChI=1S/C26H23NO5/c1-18(28)31-17-21(27-25(29)22-12-6-7-13-23(22)26(27)30)15-20-11-5-8-14-24(20)32-16-19-9-3-2-4-10-19/h2-14,21H,15-17H2,1H3. The molecule has 1 aliphatic rings. The van der Waals surface area contributed by atoms with Crippen LogP contribution in [0.25, 0.3) is 0 Å². The Balaban J connectivity index is 1.58. The van der Waals surface area contributed by atoms with Crippen LogP contribution >= 0.6 is 0 Å². The van der Waals surface area contributed by atoms with Crippen molar-refractivity contribution in [2.24, 2.45) is 0 Å². The molecule has 2 amide bonds. The molecule has 6 nitrogen and oxygen atoms in total. The smallest absolute Gasteiger partial charge is 0.302 e. The third-order valence-corrected chi connectivity index (χ3v) is 5.33. The van der Waals surface area contributed by atoms with Crippen LogP contribution in [0.3, 0.4) is 0 Å². The molecular weight excluding hydrogens is 406 g/mol. The molecule has 1 unspecified atom stereocenters. The molecule has 32 heavy (non-hydrogen) atoms. The van der Waals surface area contributed by atoms with E-state index < -0.39 is 12.0 Å². The molecule has 0 saturated heterocycles. The molecule has 162 valence electrons. The number of ether oxygens (including phenoxy) is 2. The fourth-order valence-corrected chi connectivity index (χ4v) is 3.78. The van der Waals surface area contributed by atoms with E-state index in [0.717, 1.165) is 11.1 Å². The highest BCUT2D eigenvalue weighted by atomic mass is 16.5. The number of carbonyl (C=O) groups excluding carboxylic acids is 3. The zero-order valence-corrected chi connectivity index (χ0v) is 17.7. The highest BCUT2D eigenvalue weighted by Crippen LogP contribution is 2.28. The maximum Gasteiger partial charge on any atom is 0.302 e. The molecule has 0 bridgehead atoms. The number of carbonyl (C=O) groups is 3. The maximum absolute atomic E-state index is 13.0. The Morgan fingerprint density at radius 1 is 0.844 bits per heavy atom. The van der Waals surface area contributed by atoms with Gasteiger partial charge in [0.2, 0.25) is 0 Å². The average molecular weight is 429 g/mol. The fourth-order valence-electron chi connectivity index (χ4n) is 3.78. The Morgan fingerprint density at radius 2 is 1.44 bits per heavy atom. The topological polar surface area (TPSA) is 72.9 Å². The van der Waals surface area contributed by atoms with Crippen molar-refractivity contribution in [3.63, 3.8) is 0 Å². The summed E-state index contributed by atoms with van der Waals surface area (Å²) in [5.41, 5.74) is 2.56. The van der Waals surface area contributed by atoms with Gasteiger partial charge in [-0.1, -0.05) is 60.7 Å². The number of hydrogen-bond acceptors (Lipinski definition) is 5. The number of para-hydroxylation sites is 1. The van der Waals surface area contributed by atoms with Crippen LogP contribution in [0.2, 0.25) is 0 Å². The van der Waals surface area contributed by atoms with E-state index >= 15 is 0 Å². The Hall–Kier alpha value is -3.93. The molecule has 0 radical (unpaired) electrons. The molecule has 1 heterocycles. The first kappa shape index (κ1) is 21.3. The third-order valence-electron chi connectivity index (χ3n) is 5.33. The van der Waals surface area contributed by atoms with Crippen molar-refractivity contribution in [3.8, 4) is 5.75 Å². The van der Waals surface area contributed by atoms with Crippen molar-refractivity contribution in [2.75, 3.05) is 6.61 Å². The van der Waals surface area contributed by atoms with E-state index in [1.54, 1.807) is 24.3 Å². The van der Waals surface area contributed by atoms with Gasteiger partial charge >= 0.3 is 5.97 Å². The molecule has 1 aliphatic heterocycles. The average Bonchev–Trinajstić information content (AvgIpc) is 3.07. The van der Waals surface area contributed by atoms with Crippen LogP contribution in [-0.4, -0.2) is 35.3 Å². The highest BCUT2D eigenvalue weighted by Gasteiger charge is 2.40. The highest BCUT2D eigenvalue weighted by molar-refractivity contribution is 6.21. The largest absolute Gasteiger partial charge is 0.489 e. The van der Waals surface area contributed by atoms with Crippen LogP contribution < -0.4 is 4.74 Å². The summed E-state index contributed by atoms with van der Waals surface area (Å²) in [5.74, 6) is -0.586. The lowest BCUT2D eigenvalue weighted by atomic mass is 10.0. The summed E-state index contributed by atoms with van der Waals surface area (Å²) in [6, 6.07) is 23.3. The van der Waals surface area contributed by atoms with E-state index in [0.29, 0.717) is 29.9 Å². The fraction of sp³-hybridized carbons (Fsp3) is 0.192. The molecule has 3 aromatic rings. The number of benzene rings is 3. The maximum atomic E-state index is 13.0. The number of rotatable bonds is 8. The minimum Gasteiger partial charge on any atom is -0.489 e. The van der Waals surface area contributed by atoms with Crippen molar-refractivity contribution >= 4 is 17.8 Å². The lowest BCUT2D eigenvalue weighted by Gasteiger charge is -2.26. The van der Waals surface area contributed by atoms with Gasteiger partial charge < -0.3 is 9.47 Å². The van der Waals surface area contributed by atoms with Gasteiger partial charge in [-0.15, -0.1) is 0 Å². The Labute approximate surface area is 186 Å². The zero-order valence-electron chi connectivity index (χ0n) is 17.7. The summed E-state index contributed by atoms with van der Waals surface area (Å²) < 4.78 is 11.3. The van der Waals surface area contributed by atoms with Crippen molar-refractivity contribution in [2.45, 2.75) is 26.0 Å². The molecule has 3 aromatic carbocycles. The summed E-state index contributed by atoms with van der Waals surface area (Å²) in [5, 5.41) is 0. The summed E-state index contributed by atoms with van der Waals surface area (Å²) in [6.45, 7) is 1.60. The van der Waals surface area contributed by atoms with Gasteiger partial charge in [0.15, 0.2) is 0 Å². The summed E-state index contributed by atoms with van der Waals surface area (Å²) in [7, 11) is 0. The van der Waals surface area contributed by atoms with Gasteiger partial charge in [-0.05, 0) is 29.3 Å². The predicted octanol–water partition coefficient (Wildman–Crippen LogP) is 4.04. The van der Waals surface area contributed by atoms with Crippen molar-refractivity contribution in [1.29, 1.82) is 0 Å². The van der Waals surface area contributed by atoms with Gasteiger partial charge in [-0.3, -0.25) is 19.3 Å². The van der Waals surface area contributed by atoms with E-state index in [1.165, 1.54) is 11.8 Å². The summed E-state index contributed by atoms with van der Waals surface area (Å²) in [6.07, 6.45) is 0.295. The van der Waals surface area contributed by atoms with Gasteiger partial charge in [-0.25, -0.2) is 0 Å². The molecule has 0 N–H and O–H groups in total. The summed E-state index contributed by atoms with van der Waals surface area (Å²) in [4.78, 5) is 38.7. The monoisotopic (exact) mass is 429 g/mol. The van der Waals surface area contributed by atoms with Gasteiger partial charge in [0.05, 0.1) is 17.2 Å². The molecule has 0 aliphatic carbocycles. The molecule has 6 heteroatoms. The molecule has 1 atom stereocenters. The molecule has 0 spiro atoms. The second kappa shape index (κ2) is 9.47. The minimum absolute atomic E-state index is 0.0895. The molecule has 0 aromatic heterocycles. The molecule has 4 rings (SSSR count).